The van der Waals surface area contributed by atoms with E-state index in [1.54, 1.807) is 18.2 Å². The predicted molar refractivity (Wildman–Crippen MR) is 59.5 cm³/mol. The molecule has 0 saturated carbocycles. The van der Waals surface area contributed by atoms with Crippen LogP contribution in [0.2, 0.25) is 10.0 Å². The van der Waals surface area contributed by atoms with E-state index in [1.165, 1.54) is 5.48 Å². The third kappa shape index (κ3) is 3.95. The van der Waals surface area contributed by atoms with E-state index >= 15 is 0 Å². The number of halogens is 2. The summed E-state index contributed by atoms with van der Waals surface area (Å²) in [5.41, 5.74) is 2.20. The van der Waals surface area contributed by atoms with Gasteiger partial charge in [0.05, 0.1) is 10.7 Å². The van der Waals surface area contributed by atoms with Crippen LogP contribution in [-0.4, -0.2) is 17.7 Å². The van der Waals surface area contributed by atoms with Crippen LogP contribution in [0.1, 0.15) is 6.42 Å². The van der Waals surface area contributed by atoms with Crippen LogP contribution in [0.5, 0.6) is 0 Å². The molecule has 82 valence electrons. The molecule has 4 nitrogen and oxygen atoms in total. The second-order valence-electron chi connectivity index (χ2n) is 2.84. The van der Waals surface area contributed by atoms with Gasteiger partial charge in [0.25, 0.3) is 0 Å². The number of hydrogen-bond acceptors (Lipinski definition) is 3. The minimum Gasteiger partial charge on any atom is -0.383 e. The van der Waals surface area contributed by atoms with E-state index in [-0.39, 0.29) is 6.42 Å². The molecule has 0 bridgehead atoms. The van der Waals surface area contributed by atoms with Gasteiger partial charge in [0.15, 0.2) is 0 Å². The van der Waals surface area contributed by atoms with Gasteiger partial charge in [0.1, 0.15) is 0 Å². The van der Waals surface area contributed by atoms with Crippen LogP contribution < -0.4 is 10.8 Å². The van der Waals surface area contributed by atoms with E-state index in [1.807, 2.05) is 0 Å². The summed E-state index contributed by atoms with van der Waals surface area (Å²) < 4.78 is 0. The van der Waals surface area contributed by atoms with Crippen molar-refractivity contribution in [1.82, 2.24) is 5.48 Å². The highest BCUT2D eigenvalue weighted by atomic mass is 35.5. The molecule has 0 fully saturated rings. The van der Waals surface area contributed by atoms with Crippen molar-refractivity contribution in [3.8, 4) is 0 Å². The number of carbonyl (C=O) groups is 1. The summed E-state index contributed by atoms with van der Waals surface area (Å²) in [5.74, 6) is -0.458. The molecule has 1 rings (SSSR count). The smallest absolute Gasteiger partial charge is 0.245 e. The fourth-order valence-corrected chi connectivity index (χ4v) is 1.36. The molecule has 0 spiro atoms. The summed E-state index contributed by atoms with van der Waals surface area (Å²) in [4.78, 5) is 10.7. The van der Waals surface area contributed by atoms with Crippen LogP contribution in [0.25, 0.3) is 0 Å². The summed E-state index contributed by atoms with van der Waals surface area (Å²) in [5, 5.41) is 12.3. The van der Waals surface area contributed by atoms with Crippen molar-refractivity contribution >= 4 is 34.8 Å². The van der Waals surface area contributed by atoms with Gasteiger partial charge >= 0.3 is 0 Å². The summed E-state index contributed by atoms with van der Waals surface area (Å²) in [6, 6.07) is 5.01. The molecule has 0 saturated heterocycles. The van der Waals surface area contributed by atoms with Crippen molar-refractivity contribution in [2.45, 2.75) is 6.42 Å². The van der Waals surface area contributed by atoms with Crippen molar-refractivity contribution in [2.75, 3.05) is 11.9 Å². The molecule has 1 aromatic carbocycles. The minimum atomic E-state index is -0.458. The lowest BCUT2D eigenvalue weighted by molar-refractivity contribution is -0.128. The summed E-state index contributed by atoms with van der Waals surface area (Å²) in [6.45, 7) is 0.368. The van der Waals surface area contributed by atoms with E-state index in [2.05, 4.69) is 5.32 Å². The van der Waals surface area contributed by atoms with Gasteiger partial charge in [-0.1, -0.05) is 23.2 Å². The van der Waals surface area contributed by atoms with Crippen LogP contribution in [0.15, 0.2) is 18.2 Å². The van der Waals surface area contributed by atoms with Crippen LogP contribution in [0.3, 0.4) is 0 Å². The first-order valence-corrected chi connectivity index (χ1v) is 5.01. The maximum Gasteiger partial charge on any atom is 0.245 e. The average Bonchev–Trinajstić information content (AvgIpc) is 2.23. The zero-order chi connectivity index (χ0) is 11.3. The van der Waals surface area contributed by atoms with E-state index in [4.69, 9.17) is 28.4 Å². The van der Waals surface area contributed by atoms with E-state index in [0.29, 0.717) is 22.3 Å². The largest absolute Gasteiger partial charge is 0.383 e. The fourth-order valence-electron chi connectivity index (χ4n) is 1.000. The third-order valence-electron chi connectivity index (χ3n) is 1.72. The molecule has 0 aliphatic heterocycles. The average molecular weight is 249 g/mol. The molecule has 1 amide bonds. The van der Waals surface area contributed by atoms with Crippen LogP contribution in [0.4, 0.5) is 5.69 Å². The maximum atomic E-state index is 10.7. The molecule has 0 radical (unpaired) electrons. The number of rotatable bonds is 4. The zero-order valence-electron chi connectivity index (χ0n) is 7.76. The number of benzene rings is 1. The van der Waals surface area contributed by atoms with Crippen molar-refractivity contribution < 1.29 is 10.0 Å². The number of anilines is 1. The summed E-state index contributed by atoms with van der Waals surface area (Å²) >= 11 is 11.6. The molecule has 0 aliphatic rings. The minimum absolute atomic E-state index is 0.152. The first-order valence-electron chi connectivity index (χ1n) is 4.25. The Hall–Kier alpha value is -0.970. The molecule has 0 aliphatic carbocycles. The first-order chi connectivity index (χ1) is 7.13. The Morgan fingerprint density at radius 3 is 2.80 bits per heavy atom. The molecule has 0 unspecified atom stereocenters. The van der Waals surface area contributed by atoms with Gasteiger partial charge in [-0.25, -0.2) is 5.48 Å². The number of carbonyl (C=O) groups excluding carboxylic acids is 1. The van der Waals surface area contributed by atoms with Crippen LogP contribution in [0, 0.1) is 0 Å². The first kappa shape index (κ1) is 12.1. The van der Waals surface area contributed by atoms with Crippen molar-refractivity contribution in [2.24, 2.45) is 0 Å². The Kier molecular flexibility index (Phi) is 4.68. The standard InChI is InChI=1S/C9H10Cl2N2O2/c10-6-1-2-7(11)8(5-6)12-4-3-9(14)13-15/h1-2,5,12,15H,3-4H2,(H,13,14). The van der Waals surface area contributed by atoms with Gasteiger partial charge in [-0.3, -0.25) is 10.0 Å². The zero-order valence-corrected chi connectivity index (χ0v) is 9.27. The predicted octanol–water partition coefficient (Wildman–Crippen LogP) is 2.30. The molecular formula is C9H10Cl2N2O2. The lowest BCUT2D eigenvalue weighted by Gasteiger charge is -2.07. The van der Waals surface area contributed by atoms with Crippen molar-refractivity contribution in [1.29, 1.82) is 0 Å². The molecular weight excluding hydrogens is 239 g/mol. The second kappa shape index (κ2) is 5.80. The Balaban J connectivity index is 2.50. The Morgan fingerprint density at radius 1 is 1.40 bits per heavy atom. The Morgan fingerprint density at radius 2 is 2.13 bits per heavy atom. The molecule has 3 N–H and O–H groups in total. The molecule has 6 heteroatoms. The quantitative estimate of drug-likeness (QED) is 0.566. The Labute approximate surface area is 97.1 Å². The van der Waals surface area contributed by atoms with Crippen molar-refractivity contribution in [3.05, 3.63) is 28.2 Å². The van der Waals surface area contributed by atoms with Gasteiger partial charge in [-0.15, -0.1) is 0 Å². The van der Waals surface area contributed by atoms with Crippen molar-refractivity contribution in [3.63, 3.8) is 0 Å². The maximum absolute atomic E-state index is 10.7. The van der Waals surface area contributed by atoms with Gasteiger partial charge in [0, 0.05) is 18.0 Å². The monoisotopic (exact) mass is 248 g/mol. The van der Waals surface area contributed by atoms with Crippen LogP contribution in [-0.2, 0) is 4.79 Å². The lowest BCUT2D eigenvalue weighted by atomic mass is 10.3. The highest BCUT2D eigenvalue weighted by Crippen LogP contribution is 2.25. The second-order valence-corrected chi connectivity index (χ2v) is 3.68. The topological polar surface area (TPSA) is 61.4 Å². The molecule has 0 heterocycles. The number of hydroxylamine groups is 1. The van der Waals surface area contributed by atoms with E-state index < -0.39 is 5.91 Å². The molecule has 0 aromatic heterocycles. The SMILES string of the molecule is O=C(CCNc1cc(Cl)ccc1Cl)NO. The normalized spacial score (nSPS) is 9.80. The molecule has 1 aromatic rings. The Bertz CT molecular complexity index is 358. The molecule has 15 heavy (non-hydrogen) atoms. The van der Waals surface area contributed by atoms with Crippen LogP contribution >= 0.6 is 23.2 Å². The van der Waals surface area contributed by atoms with E-state index in [0.717, 1.165) is 0 Å². The number of nitrogens with one attached hydrogen (secondary N) is 2. The highest BCUT2D eigenvalue weighted by molar-refractivity contribution is 6.35. The third-order valence-corrected chi connectivity index (χ3v) is 2.29. The lowest BCUT2D eigenvalue weighted by Crippen LogP contribution is -2.21. The summed E-state index contributed by atoms with van der Waals surface area (Å²) in [7, 11) is 0. The van der Waals surface area contributed by atoms with Gasteiger partial charge in [-0.2, -0.15) is 0 Å². The highest BCUT2D eigenvalue weighted by Gasteiger charge is 2.02. The number of amides is 1. The van der Waals surface area contributed by atoms with Gasteiger partial charge in [-0.05, 0) is 18.2 Å². The van der Waals surface area contributed by atoms with Gasteiger partial charge < -0.3 is 5.32 Å². The molecule has 0 atom stereocenters. The van der Waals surface area contributed by atoms with E-state index in [9.17, 15) is 4.79 Å². The fraction of sp³-hybridized carbons (Fsp3) is 0.222. The van der Waals surface area contributed by atoms with Gasteiger partial charge in [0.2, 0.25) is 5.91 Å². The number of hydrogen-bond donors (Lipinski definition) is 3. The summed E-state index contributed by atoms with van der Waals surface area (Å²) in [6.07, 6.45) is 0.152.